The molecule has 19 heavy (non-hydrogen) atoms. The van der Waals surface area contributed by atoms with Gasteiger partial charge in [0.25, 0.3) is 0 Å². The van der Waals surface area contributed by atoms with Crippen molar-refractivity contribution in [2.45, 2.75) is 40.0 Å². The summed E-state index contributed by atoms with van der Waals surface area (Å²) in [5.74, 6) is 1.59. The molecule has 1 saturated heterocycles. The summed E-state index contributed by atoms with van der Waals surface area (Å²) in [6.07, 6.45) is 0.309. The summed E-state index contributed by atoms with van der Waals surface area (Å²) in [5.41, 5.74) is 0.983. The van der Waals surface area contributed by atoms with E-state index in [0.29, 0.717) is 12.0 Å². The van der Waals surface area contributed by atoms with Crippen LogP contribution in [0.5, 0.6) is 0 Å². The van der Waals surface area contributed by atoms with Crippen molar-refractivity contribution in [1.29, 1.82) is 0 Å². The minimum absolute atomic E-state index is 0.309. The SMILES string of the molecule is CC(C)CNCc1cc(CN2CCOC(C)C2)on1. The highest BCUT2D eigenvalue weighted by Crippen LogP contribution is 2.11. The molecule has 0 spiro atoms. The van der Waals surface area contributed by atoms with Gasteiger partial charge in [0.15, 0.2) is 5.76 Å². The summed E-state index contributed by atoms with van der Waals surface area (Å²) < 4.78 is 10.9. The quantitative estimate of drug-likeness (QED) is 0.849. The van der Waals surface area contributed by atoms with Gasteiger partial charge in [0.2, 0.25) is 0 Å². The molecule has 1 aromatic rings. The normalized spacial score (nSPS) is 21.2. The van der Waals surface area contributed by atoms with Crippen LogP contribution in [-0.4, -0.2) is 42.4 Å². The Labute approximate surface area is 115 Å². The van der Waals surface area contributed by atoms with Gasteiger partial charge in [-0.3, -0.25) is 4.90 Å². The van der Waals surface area contributed by atoms with Crippen molar-refractivity contribution >= 4 is 0 Å². The zero-order chi connectivity index (χ0) is 13.7. The Bertz CT molecular complexity index is 379. The number of hydrogen-bond donors (Lipinski definition) is 1. The van der Waals surface area contributed by atoms with E-state index < -0.39 is 0 Å². The van der Waals surface area contributed by atoms with Crippen LogP contribution in [0.3, 0.4) is 0 Å². The molecule has 0 bridgehead atoms. The smallest absolute Gasteiger partial charge is 0.151 e. The average molecular weight is 267 g/mol. The topological polar surface area (TPSA) is 50.5 Å². The number of nitrogens with zero attached hydrogens (tertiary/aromatic N) is 2. The van der Waals surface area contributed by atoms with E-state index in [9.17, 15) is 0 Å². The maximum atomic E-state index is 5.53. The first-order valence-corrected chi connectivity index (χ1v) is 7.12. The van der Waals surface area contributed by atoms with E-state index in [0.717, 1.165) is 50.8 Å². The lowest BCUT2D eigenvalue weighted by Gasteiger charge is -2.30. The first-order chi connectivity index (χ1) is 9.13. The minimum Gasteiger partial charge on any atom is -0.376 e. The van der Waals surface area contributed by atoms with Crippen LogP contribution >= 0.6 is 0 Å². The van der Waals surface area contributed by atoms with Crippen molar-refractivity contribution < 1.29 is 9.26 Å². The summed E-state index contributed by atoms with van der Waals surface area (Å²) in [6.45, 7) is 11.8. The van der Waals surface area contributed by atoms with Crippen LogP contribution in [0.25, 0.3) is 0 Å². The third-order valence-electron chi connectivity index (χ3n) is 3.17. The molecule has 1 N–H and O–H groups in total. The molecule has 2 heterocycles. The van der Waals surface area contributed by atoms with Crippen LogP contribution in [0, 0.1) is 5.92 Å². The maximum absolute atomic E-state index is 5.53. The molecule has 5 heteroatoms. The van der Waals surface area contributed by atoms with Crippen molar-refractivity contribution in [2.24, 2.45) is 5.92 Å². The molecule has 1 aliphatic heterocycles. The van der Waals surface area contributed by atoms with Gasteiger partial charge in [0.1, 0.15) is 0 Å². The Morgan fingerprint density at radius 3 is 3.11 bits per heavy atom. The van der Waals surface area contributed by atoms with E-state index in [-0.39, 0.29) is 0 Å². The fourth-order valence-corrected chi connectivity index (χ4v) is 2.26. The standard InChI is InChI=1S/C14H25N3O2/c1-11(2)7-15-8-13-6-14(19-16-13)10-17-4-5-18-12(3)9-17/h6,11-12,15H,4-5,7-10H2,1-3H3. The molecule has 0 aliphatic carbocycles. The van der Waals surface area contributed by atoms with Crippen LogP contribution < -0.4 is 5.32 Å². The number of ether oxygens (including phenoxy) is 1. The van der Waals surface area contributed by atoms with Crippen LogP contribution in [0.4, 0.5) is 0 Å². The molecule has 0 radical (unpaired) electrons. The highest BCUT2D eigenvalue weighted by Gasteiger charge is 2.18. The fourth-order valence-electron chi connectivity index (χ4n) is 2.26. The molecule has 1 aromatic heterocycles. The van der Waals surface area contributed by atoms with Crippen LogP contribution in [0.2, 0.25) is 0 Å². The lowest BCUT2D eigenvalue weighted by molar-refractivity contribution is -0.0235. The molecule has 1 atom stereocenters. The van der Waals surface area contributed by atoms with E-state index >= 15 is 0 Å². The molecular formula is C14H25N3O2. The molecule has 0 saturated carbocycles. The van der Waals surface area contributed by atoms with Crippen molar-refractivity contribution in [2.75, 3.05) is 26.2 Å². The Hall–Kier alpha value is -0.910. The monoisotopic (exact) mass is 267 g/mol. The molecule has 0 aromatic carbocycles. The van der Waals surface area contributed by atoms with Gasteiger partial charge >= 0.3 is 0 Å². The van der Waals surface area contributed by atoms with E-state index in [2.05, 4.69) is 36.1 Å². The number of morpholine rings is 1. The van der Waals surface area contributed by atoms with Crippen LogP contribution in [0.1, 0.15) is 32.2 Å². The second-order valence-electron chi connectivity index (χ2n) is 5.73. The Morgan fingerprint density at radius 1 is 1.53 bits per heavy atom. The molecule has 2 rings (SSSR count). The van der Waals surface area contributed by atoms with Gasteiger partial charge in [-0.1, -0.05) is 19.0 Å². The molecular weight excluding hydrogens is 242 g/mol. The first kappa shape index (κ1) is 14.5. The van der Waals surface area contributed by atoms with Crippen molar-refractivity contribution in [3.63, 3.8) is 0 Å². The number of nitrogens with one attached hydrogen (secondary N) is 1. The van der Waals surface area contributed by atoms with E-state index in [1.807, 2.05) is 6.07 Å². The summed E-state index contributed by atoms with van der Waals surface area (Å²) >= 11 is 0. The summed E-state index contributed by atoms with van der Waals surface area (Å²) in [6, 6.07) is 2.05. The largest absolute Gasteiger partial charge is 0.376 e. The molecule has 108 valence electrons. The average Bonchev–Trinajstić information content (AvgIpc) is 2.76. The molecule has 5 nitrogen and oxygen atoms in total. The zero-order valence-electron chi connectivity index (χ0n) is 12.2. The number of aromatic nitrogens is 1. The first-order valence-electron chi connectivity index (χ1n) is 7.12. The van der Waals surface area contributed by atoms with Gasteiger partial charge in [0.05, 0.1) is 24.9 Å². The number of hydrogen-bond acceptors (Lipinski definition) is 5. The zero-order valence-corrected chi connectivity index (χ0v) is 12.2. The molecule has 1 unspecified atom stereocenters. The van der Waals surface area contributed by atoms with Crippen LogP contribution in [-0.2, 0) is 17.8 Å². The van der Waals surface area contributed by atoms with Crippen molar-refractivity contribution in [1.82, 2.24) is 15.4 Å². The summed E-state index contributed by atoms with van der Waals surface area (Å²) in [7, 11) is 0. The fraction of sp³-hybridized carbons (Fsp3) is 0.786. The lowest BCUT2D eigenvalue weighted by Crippen LogP contribution is -2.40. The van der Waals surface area contributed by atoms with Gasteiger partial charge in [-0.05, 0) is 19.4 Å². The Morgan fingerprint density at radius 2 is 2.37 bits per heavy atom. The van der Waals surface area contributed by atoms with E-state index in [1.165, 1.54) is 0 Å². The van der Waals surface area contributed by atoms with Gasteiger partial charge in [-0.25, -0.2) is 0 Å². The van der Waals surface area contributed by atoms with Crippen molar-refractivity contribution in [3.05, 3.63) is 17.5 Å². The Kier molecular flexibility index (Phi) is 5.36. The van der Waals surface area contributed by atoms with Gasteiger partial charge in [0, 0.05) is 25.7 Å². The summed E-state index contributed by atoms with van der Waals surface area (Å²) in [5, 5.41) is 7.47. The second kappa shape index (κ2) is 7.03. The summed E-state index contributed by atoms with van der Waals surface area (Å²) in [4.78, 5) is 2.35. The molecule has 0 amide bonds. The predicted octanol–water partition coefficient (Wildman–Crippen LogP) is 1.64. The molecule has 1 aliphatic rings. The number of rotatable bonds is 6. The minimum atomic E-state index is 0.309. The Balaban J connectivity index is 1.77. The highest BCUT2D eigenvalue weighted by molar-refractivity contribution is 5.05. The maximum Gasteiger partial charge on any atom is 0.151 e. The third-order valence-corrected chi connectivity index (χ3v) is 3.17. The van der Waals surface area contributed by atoms with Gasteiger partial charge in [-0.15, -0.1) is 0 Å². The van der Waals surface area contributed by atoms with E-state index in [1.54, 1.807) is 0 Å². The highest BCUT2D eigenvalue weighted by atomic mass is 16.5. The third kappa shape index (κ3) is 4.93. The second-order valence-corrected chi connectivity index (χ2v) is 5.73. The predicted molar refractivity (Wildman–Crippen MR) is 73.7 cm³/mol. The van der Waals surface area contributed by atoms with Crippen molar-refractivity contribution in [3.8, 4) is 0 Å². The van der Waals surface area contributed by atoms with E-state index in [4.69, 9.17) is 9.26 Å². The lowest BCUT2D eigenvalue weighted by atomic mass is 10.2. The van der Waals surface area contributed by atoms with Crippen LogP contribution in [0.15, 0.2) is 10.6 Å². The molecule has 1 fully saturated rings. The van der Waals surface area contributed by atoms with Gasteiger partial charge < -0.3 is 14.6 Å². The van der Waals surface area contributed by atoms with Gasteiger partial charge in [-0.2, -0.15) is 0 Å².